The van der Waals surface area contributed by atoms with Crippen LogP contribution in [0.2, 0.25) is 0 Å². The molecule has 0 atom stereocenters. The van der Waals surface area contributed by atoms with Crippen LogP contribution in [0.15, 0.2) is 33.4 Å². The van der Waals surface area contributed by atoms with Gasteiger partial charge in [-0.1, -0.05) is 18.2 Å². The van der Waals surface area contributed by atoms with Crippen LogP contribution < -0.4 is 4.74 Å². The molecule has 6 heteroatoms. The molecule has 0 saturated carbocycles. The van der Waals surface area contributed by atoms with Crippen molar-refractivity contribution in [1.29, 1.82) is 0 Å². The zero-order chi connectivity index (χ0) is 15.1. The van der Waals surface area contributed by atoms with E-state index >= 15 is 0 Å². The van der Waals surface area contributed by atoms with E-state index in [9.17, 15) is 9.59 Å². The van der Waals surface area contributed by atoms with Crippen molar-refractivity contribution in [2.75, 3.05) is 21.3 Å². The summed E-state index contributed by atoms with van der Waals surface area (Å²) in [5, 5.41) is 0. The Bertz CT molecular complexity index is 536. The molecule has 0 aliphatic carbocycles. The third kappa shape index (κ3) is 3.96. The average Bonchev–Trinajstić information content (AvgIpc) is 2.50. The zero-order valence-electron chi connectivity index (χ0n) is 11.4. The fourth-order valence-electron chi connectivity index (χ4n) is 1.61. The summed E-state index contributed by atoms with van der Waals surface area (Å²) in [5.74, 6) is -0.491. The van der Waals surface area contributed by atoms with Crippen LogP contribution in [-0.2, 0) is 25.5 Å². The average molecular weight is 390 g/mol. The summed E-state index contributed by atoms with van der Waals surface area (Å²) >= 11 is 1.78. The van der Waals surface area contributed by atoms with Gasteiger partial charge in [-0.3, -0.25) is 0 Å². The second-order valence-corrected chi connectivity index (χ2v) is 4.84. The summed E-state index contributed by atoms with van der Waals surface area (Å²) in [6.45, 7) is 0. The summed E-state index contributed by atoms with van der Waals surface area (Å²) in [6, 6.07) is 7.27. The number of esters is 2. The van der Waals surface area contributed by atoms with Gasteiger partial charge in [0.2, 0.25) is 0 Å². The highest BCUT2D eigenvalue weighted by atomic mass is 127. The van der Waals surface area contributed by atoms with Gasteiger partial charge in [0, 0.05) is 6.42 Å². The van der Waals surface area contributed by atoms with Gasteiger partial charge in [-0.2, -0.15) is 0 Å². The number of hydrogen-bond donors (Lipinski definition) is 0. The van der Waals surface area contributed by atoms with Gasteiger partial charge < -0.3 is 14.2 Å². The van der Waals surface area contributed by atoms with Gasteiger partial charge in [-0.05, 0) is 34.2 Å². The molecule has 0 aliphatic heterocycles. The molecular formula is C14H15IO5. The topological polar surface area (TPSA) is 61.8 Å². The highest BCUT2D eigenvalue weighted by Gasteiger charge is 2.21. The van der Waals surface area contributed by atoms with Gasteiger partial charge in [0.15, 0.2) is 0 Å². The molecule has 20 heavy (non-hydrogen) atoms. The van der Waals surface area contributed by atoms with Crippen LogP contribution in [0.4, 0.5) is 0 Å². The number of methoxy groups -OCH3 is 3. The number of carbonyl (C=O) groups is 2. The minimum atomic E-state index is -0.569. The van der Waals surface area contributed by atoms with Gasteiger partial charge in [0.1, 0.15) is 9.33 Å². The number of carbonyl (C=O) groups excluding carboxylic acids is 2. The van der Waals surface area contributed by atoms with Crippen molar-refractivity contribution in [1.82, 2.24) is 0 Å². The van der Waals surface area contributed by atoms with Gasteiger partial charge in [0.25, 0.3) is 0 Å². The predicted octanol–water partition coefficient (Wildman–Crippen LogP) is 2.27. The maximum atomic E-state index is 11.8. The van der Waals surface area contributed by atoms with E-state index in [1.54, 1.807) is 35.8 Å². The van der Waals surface area contributed by atoms with Crippen LogP contribution in [0.25, 0.3) is 0 Å². The van der Waals surface area contributed by atoms with Crippen LogP contribution in [0.5, 0.6) is 5.75 Å². The second kappa shape index (κ2) is 7.88. The highest BCUT2D eigenvalue weighted by molar-refractivity contribution is 14.1. The quantitative estimate of drug-likeness (QED) is 0.439. The Morgan fingerprint density at radius 1 is 1.05 bits per heavy atom. The molecule has 108 valence electrons. The van der Waals surface area contributed by atoms with Gasteiger partial charge in [-0.25, -0.2) is 9.59 Å². The Balaban J connectivity index is 3.21. The first-order chi connectivity index (χ1) is 9.54. The second-order valence-electron chi connectivity index (χ2n) is 3.76. The molecule has 1 rings (SSSR count). The monoisotopic (exact) mass is 390 g/mol. The lowest BCUT2D eigenvalue weighted by molar-refractivity contribution is -0.138. The maximum absolute atomic E-state index is 11.8. The summed E-state index contributed by atoms with van der Waals surface area (Å²) in [6.07, 6.45) is 0.226. The predicted molar refractivity (Wildman–Crippen MR) is 81.8 cm³/mol. The summed E-state index contributed by atoms with van der Waals surface area (Å²) in [7, 11) is 4.08. The molecule has 0 radical (unpaired) electrons. The number of benzene rings is 1. The molecule has 5 nitrogen and oxygen atoms in total. The van der Waals surface area contributed by atoms with Gasteiger partial charge >= 0.3 is 11.9 Å². The van der Waals surface area contributed by atoms with Gasteiger partial charge in [-0.15, -0.1) is 0 Å². The Kier molecular flexibility index (Phi) is 6.50. The van der Waals surface area contributed by atoms with Crippen LogP contribution in [0, 0.1) is 0 Å². The molecule has 0 spiro atoms. The molecule has 0 fully saturated rings. The molecule has 0 aromatic heterocycles. The lowest BCUT2D eigenvalue weighted by atomic mass is 10.0. The zero-order valence-corrected chi connectivity index (χ0v) is 13.6. The summed E-state index contributed by atoms with van der Waals surface area (Å²) in [5.41, 5.74) is 1.03. The normalized spacial score (nSPS) is 11.4. The molecule has 0 amide bonds. The SMILES string of the molecule is COC(=O)/C(I)=C(/Cc1ccccc1OC)C(=O)OC. The van der Waals surface area contributed by atoms with Gasteiger partial charge in [0.05, 0.1) is 26.9 Å². The first-order valence-corrected chi connectivity index (χ1v) is 6.80. The number of halogens is 1. The summed E-state index contributed by atoms with van der Waals surface area (Å²) in [4.78, 5) is 23.4. The molecule has 0 N–H and O–H groups in total. The van der Waals surface area contributed by atoms with Crippen molar-refractivity contribution in [3.8, 4) is 5.75 Å². The molecule has 0 heterocycles. The van der Waals surface area contributed by atoms with E-state index in [0.29, 0.717) is 5.75 Å². The molecule has 0 bridgehead atoms. The van der Waals surface area contributed by atoms with Crippen molar-refractivity contribution < 1.29 is 23.8 Å². The molecule has 0 aliphatic rings. The lowest BCUT2D eigenvalue weighted by Crippen LogP contribution is -2.14. The number of ether oxygens (including phenoxy) is 3. The smallest absolute Gasteiger partial charge is 0.344 e. The minimum Gasteiger partial charge on any atom is -0.496 e. The fraction of sp³-hybridized carbons (Fsp3) is 0.286. The largest absolute Gasteiger partial charge is 0.496 e. The Hall–Kier alpha value is -1.57. The van der Waals surface area contributed by atoms with E-state index in [4.69, 9.17) is 9.47 Å². The maximum Gasteiger partial charge on any atom is 0.344 e. The van der Waals surface area contributed by atoms with Crippen molar-refractivity contribution >= 4 is 34.5 Å². The molecule has 1 aromatic carbocycles. The highest BCUT2D eigenvalue weighted by Crippen LogP contribution is 2.25. The van der Waals surface area contributed by atoms with E-state index in [-0.39, 0.29) is 15.6 Å². The van der Waals surface area contributed by atoms with E-state index in [2.05, 4.69) is 4.74 Å². The third-order valence-corrected chi connectivity index (χ3v) is 3.71. The number of hydrogen-bond acceptors (Lipinski definition) is 5. The van der Waals surface area contributed by atoms with E-state index in [1.807, 2.05) is 18.2 Å². The van der Waals surface area contributed by atoms with E-state index in [0.717, 1.165) is 5.56 Å². The van der Waals surface area contributed by atoms with Crippen molar-refractivity contribution in [2.45, 2.75) is 6.42 Å². The van der Waals surface area contributed by atoms with Crippen LogP contribution >= 0.6 is 22.6 Å². The first kappa shape index (κ1) is 16.5. The van der Waals surface area contributed by atoms with Crippen molar-refractivity contribution in [2.24, 2.45) is 0 Å². The van der Waals surface area contributed by atoms with Crippen LogP contribution in [0.3, 0.4) is 0 Å². The Morgan fingerprint density at radius 3 is 2.20 bits per heavy atom. The van der Waals surface area contributed by atoms with Crippen molar-refractivity contribution in [3.63, 3.8) is 0 Å². The van der Waals surface area contributed by atoms with E-state index in [1.165, 1.54) is 14.2 Å². The summed E-state index contributed by atoms with van der Waals surface area (Å²) < 4.78 is 14.8. The number of para-hydroxylation sites is 1. The lowest BCUT2D eigenvalue weighted by Gasteiger charge is -2.11. The Morgan fingerprint density at radius 2 is 1.65 bits per heavy atom. The fourth-order valence-corrected chi connectivity index (χ4v) is 2.25. The standard InChI is InChI=1S/C14H15IO5/c1-18-11-7-5-4-6-9(11)8-10(13(16)19-2)12(15)14(17)20-3/h4-7H,8H2,1-3H3/b12-10+. The molecule has 1 aromatic rings. The first-order valence-electron chi connectivity index (χ1n) is 5.72. The van der Waals surface area contributed by atoms with Crippen LogP contribution in [0.1, 0.15) is 5.56 Å². The molecular weight excluding hydrogens is 375 g/mol. The minimum absolute atomic E-state index is 0.197. The Labute approximate surface area is 131 Å². The van der Waals surface area contributed by atoms with E-state index < -0.39 is 11.9 Å². The molecule has 0 unspecified atom stereocenters. The van der Waals surface area contributed by atoms with Crippen molar-refractivity contribution in [3.05, 3.63) is 39.0 Å². The number of rotatable bonds is 5. The molecule has 0 saturated heterocycles. The van der Waals surface area contributed by atoms with Crippen LogP contribution in [-0.4, -0.2) is 33.3 Å². The third-order valence-electron chi connectivity index (χ3n) is 2.62.